The first-order valence-electron chi connectivity index (χ1n) is 5.41. The second kappa shape index (κ2) is 4.69. The van der Waals surface area contributed by atoms with Crippen molar-refractivity contribution in [2.24, 2.45) is 5.84 Å². The van der Waals surface area contributed by atoms with Crippen molar-refractivity contribution in [3.05, 3.63) is 35.7 Å². The van der Waals surface area contributed by atoms with Crippen molar-refractivity contribution in [2.75, 3.05) is 5.43 Å². The highest BCUT2D eigenvalue weighted by molar-refractivity contribution is 5.41. The Morgan fingerprint density at radius 2 is 2.06 bits per heavy atom. The molecule has 18 heavy (non-hydrogen) atoms. The van der Waals surface area contributed by atoms with Crippen molar-refractivity contribution in [3.8, 4) is 5.82 Å². The van der Waals surface area contributed by atoms with Gasteiger partial charge in [0.05, 0.1) is 5.69 Å². The molecule has 0 atom stereocenters. The van der Waals surface area contributed by atoms with E-state index in [0.717, 1.165) is 5.69 Å². The molecular weight excluding hydrogens is 240 g/mol. The van der Waals surface area contributed by atoms with Gasteiger partial charge in [-0.05, 0) is 12.0 Å². The van der Waals surface area contributed by atoms with Crippen LogP contribution in [0.5, 0.6) is 0 Å². The third kappa shape index (κ3) is 2.17. The fourth-order valence-electron chi connectivity index (χ4n) is 1.48. The summed E-state index contributed by atoms with van der Waals surface area (Å²) in [7, 11) is 0. The van der Waals surface area contributed by atoms with Gasteiger partial charge in [0.25, 0.3) is 0 Å². The molecular formula is C11H13F2N5. The third-order valence-corrected chi connectivity index (χ3v) is 2.47. The van der Waals surface area contributed by atoms with Gasteiger partial charge in [0.1, 0.15) is 0 Å². The Morgan fingerprint density at radius 3 is 2.61 bits per heavy atom. The van der Waals surface area contributed by atoms with E-state index in [1.165, 1.54) is 4.68 Å². The molecule has 2 aromatic heterocycles. The molecule has 0 fully saturated rings. The number of aromatic nitrogens is 3. The van der Waals surface area contributed by atoms with Gasteiger partial charge in [-0.25, -0.2) is 24.3 Å². The van der Waals surface area contributed by atoms with Gasteiger partial charge in [0, 0.05) is 12.3 Å². The van der Waals surface area contributed by atoms with E-state index in [-0.39, 0.29) is 17.6 Å². The summed E-state index contributed by atoms with van der Waals surface area (Å²) in [4.78, 5) is 3.75. The van der Waals surface area contributed by atoms with Crippen LogP contribution in [0.15, 0.2) is 18.3 Å². The largest absolute Gasteiger partial charge is 0.306 e. The van der Waals surface area contributed by atoms with Crippen molar-refractivity contribution < 1.29 is 8.78 Å². The number of nitrogens with one attached hydrogen (secondary N) is 1. The second-order valence-corrected chi connectivity index (χ2v) is 4.11. The Bertz CT molecular complexity index is 565. The molecule has 0 aromatic carbocycles. The first-order valence-corrected chi connectivity index (χ1v) is 5.41. The van der Waals surface area contributed by atoms with E-state index in [4.69, 9.17) is 5.84 Å². The predicted octanol–water partition coefficient (Wildman–Crippen LogP) is 1.95. The van der Waals surface area contributed by atoms with Crippen LogP contribution in [0.25, 0.3) is 5.82 Å². The summed E-state index contributed by atoms with van der Waals surface area (Å²) in [5.41, 5.74) is 2.86. The molecule has 2 aromatic rings. The first-order chi connectivity index (χ1) is 8.52. The molecule has 0 radical (unpaired) electrons. The van der Waals surface area contributed by atoms with Crippen LogP contribution in [-0.4, -0.2) is 14.8 Å². The van der Waals surface area contributed by atoms with Crippen LogP contribution in [0.2, 0.25) is 0 Å². The molecule has 0 aliphatic rings. The van der Waals surface area contributed by atoms with Gasteiger partial charge in [-0.15, -0.1) is 0 Å². The zero-order valence-corrected chi connectivity index (χ0v) is 9.98. The van der Waals surface area contributed by atoms with Crippen LogP contribution >= 0.6 is 0 Å². The standard InChI is InChI=1S/C11H13F2N5/c1-6(2)9-3-4-18(17-9)11-8(13)5-7(12)10(15-11)16-14/h3-6H,14H2,1-2H3,(H,15,16). The Labute approximate surface area is 103 Å². The number of anilines is 1. The molecule has 96 valence electrons. The molecule has 0 bridgehead atoms. The average Bonchev–Trinajstić information content (AvgIpc) is 2.78. The van der Waals surface area contributed by atoms with Crippen LogP contribution < -0.4 is 11.3 Å². The highest BCUT2D eigenvalue weighted by Crippen LogP contribution is 2.19. The summed E-state index contributed by atoms with van der Waals surface area (Å²) in [6, 6.07) is 2.47. The number of hydrogen-bond acceptors (Lipinski definition) is 4. The van der Waals surface area contributed by atoms with Gasteiger partial charge in [0.15, 0.2) is 23.3 Å². The number of hydrogen-bond donors (Lipinski definition) is 2. The van der Waals surface area contributed by atoms with Gasteiger partial charge in [-0.2, -0.15) is 5.10 Å². The molecule has 3 N–H and O–H groups in total. The monoisotopic (exact) mass is 253 g/mol. The van der Waals surface area contributed by atoms with Crippen molar-refractivity contribution in [3.63, 3.8) is 0 Å². The van der Waals surface area contributed by atoms with E-state index in [0.29, 0.717) is 6.07 Å². The van der Waals surface area contributed by atoms with E-state index < -0.39 is 11.6 Å². The zero-order valence-electron chi connectivity index (χ0n) is 9.98. The van der Waals surface area contributed by atoms with Gasteiger partial charge in [-0.3, -0.25) is 0 Å². The third-order valence-electron chi connectivity index (χ3n) is 2.47. The quantitative estimate of drug-likeness (QED) is 0.648. The summed E-state index contributed by atoms with van der Waals surface area (Å²) in [5.74, 6) is 3.32. The lowest BCUT2D eigenvalue weighted by molar-refractivity contribution is 0.562. The molecule has 0 unspecified atom stereocenters. The number of rotatable bonds is 3. The predicted molar refractivity (Wildman–Crippen MR) is 63.2 cm³/mol. The smallest absolute Gasteiger partial charge is 0.191 e. The highest BCUT2D eigenvalue weighted by Gasteiger charge is 2.14. The Hall–Kier alpha value is -2.02. The lowest BCUT2D eigenvalue weighted by atomic mass is 10.1. The molecule has 7 heteroatoms. The molecule has 0 aliphatic carbocycles. The zero-order chi connectivity index (χ0) is 13.3. The van der Waals surface area contributed by atoms with Crippen molar-refractivity contribution in [1.82, 2.24) is 14.8 Å². The summed E-state index contributed by atoms with van der Waals surface area (Å²) < 4.78 is 28.1. The highest BCUT2D eigenvalue weighted by atomic mass is 19.1. The van der Waals surface area contributed by atoms with Gasteiger partial charge < -0.3 is 5.43 Å². The maximum atomic E-state index is 13.6. The second-order valence-electron chi connectivity index (χ2n) is 4.11. The Morgan fingerprint density at radius 1 is 1.33 bits per heavy atom. The SMILES string of the molecule is CC(C)c1ccn(-c2nc(NN)c(F)cc2F)n1. The van der Waals surface area contributed by atoms with Crippen LogP contribution in [0.1, 0.15) is 25.5 Å². The first kappa shape index (κ1) is 12.4. The van der Waals surface area contributed by atoms with Crippen LogP contribution in [0, 0.1) is 11.6 Å². The van der Waals surface area contributed by atoms with Crippen LogP contribution in [0.4, 0.5) is 14.6 Å². The molecule has 0 spiro atoms. The van der Waals surface area contributed by atoms with Gasteiger partial charge in [0.2, 0.25) is 0 Å². The number of nitrogens with two attached hydrogens (primary N) is 1. The maximum absolute atomic E-state index is 13.6. The van der Waals surface area contributed by atoms with Gasteiger partial charge in [-0.1, -0.05) is 13.8 Å². The minimum absolute atomic E-state index is 0.101. The number of nitrogens with zero attached hydrogens (tertiary/aromatic N) is 3. The maximum Gasteiger partial charge on any atom is 0.191 e. The number of pyridine rings is 1. The number of halogens is 2. The topological polar surface area (TPSA) is 68.8 Å². The molecule has 0 saturated heterocycles. The van der Waals surface area contributed by atoms with Gasteiger partial charge >= 0.3 is 0 Å². The fraction of sp³-hybridized carbons (Fsp3) is 0.273. The summed E-state index contributed by atoms with van der Waals surface area (Å²) in [6.45, 7) is 3.93. The van der Waals surface area contributed by atoms with E-state index >= 15 is 0 Å². The summed E-state index contributed by atoms with van der Waals surface area (Å²) >= 11 is 0. The molecule has 0 aliphatic heterocycles. The normalized spacial score (nSPS) is 11.0. The Kier molecular flexibility index (Phi) is 3.24. The van der Waals surface area contributed by atoms with Crippen molar-refractivity contribution >= 4 is 5.82 Å². The number of hydrazine groups is 1. The minimum Gasteiger partial charge on any atom is -0.306 e. The number of nitrogen functional groups attached to an aromatic ring is 1. The summed E-state index contributed by atoms with van der Waals surface area (Å²) in [5, 5.41) is 4.17. The van der Waals surface area contributed by atoms with Crippen LogP contribution in [0.3, 0.4) is 0 Å². The molecule has 5 nitrogen and oxygen atoms in total. The van der Waals surface area contributed by atoms with Crippen LogP contribution in [-0.2, 0) is 0 Å². The molecule has 0 saturated carbocycles. The molecule has 0 amide bonds. The summed E-state index contributed by atoms with van der Waals surface area (Å²) in [6.07, 6.45) is 1.57. The van der Waals surface area contributed by atoms with E-state index in [2.05, 4.69) is 15.5 Å². The fourth-order valence-corrected chi connectivity index (χ4v) is 1.48. The molecule has 2 rings (SSSR count). The lowest BCUT2D eigenvalue weighted by Crippen LogP contribution is -2.13. The van der Waals surface area contributed by atoms with E-state index in [1.807, 2.05) is 13.8 Å². The Balaban J connectivity index is 2.49. The van der Waals surface area contributed by atoms with Crippen molar-refractivity contribution in [2.45, 2.75) is 19.8 Å². The van der Waals surface area contributed by atoms with E-state index in [1.54, 1.807) is 12.3 Å². The lowest BCUT2D eigenvalue weighted by Gasteiger charge is -2.06. The van der Waals surface area contributed by atoms with Crippen molar-refractivity contribution in [1.29, 1.82) is 0 Å². The van der Waals surface area contributed by atoms with E-state index in [9.17, 15) is 8.78 Å². The minimum atomic E-state index is -0.852. The average molecular weight is 253 g/mol. The molecule has 2 heterocycles.